The molecule has 1 aliphatic rings. The Labute approximate surface area is 336 Å². The third kappa shape index (κ3) is 4.96. The molecule has 0 unspecified atom stereocenters. The normalized spacial score (nSPS) is 15.9. The van der Waals surface area contributed by atoms with Crippen LogP contribution in [0.4, 0.5) is 0 Å². The van der Waals surface area contributed by atoms with E-state index in [1.165, 1.54) is 36.5 Å². The van der Waals surface area contributed by atoms with Crippen molar-refractivity contribution in [3.05, 3.63) is 180 Å². The van der Waals surface area contributed by atoms with Gasteiger partial charge in [0.2, 0.25) is 0 Å². The molecular weight excluding hydrogens is 721 g/mol. The number of rotatable bonds is 5. The second kappa shape index (κ2) is 12.7. The number of thiazole rings is 1. The Kier molecular flexibility index (Phi) is 7.15. The van der Waals surface area contributed by atoms with Gasteiger partial charge < -0.3 is 0 Å². The molecule has 1 aliphatic heterocycles. The first-order valence-electron chi connectivity index (χ1n) is 20.4. The number of fused-ring (bicyclic) bond motifs is 7. The Morgan fingerprint density at radius 3 is 1.98 bits per heavy atom. The lowest BCUT2D eigenvalue weighted by Gasteiger charge is -2.43. The lowest BCUT2D eigenvalue weighted by Crippen LogP contribution is -2.75. The number of para-hydroxylation sites is 2. The van der Waals surface area contributed by atoms with E-state index in [0.717, 1.165) is 42.5 Å². The zero-order valence-corrected chi connectivity index (χ0v) is 33.9. The third-order valence-corrected chi connectivity index (χ3v) is 19.8. The van der Waals surface area contributed by atoms with E-state index in [4.69, 9.17) is 9.10 Å². The lowest BCUT2D eigenvalue weighted by molar-refractivity contribution is 0.296. The van der Waals surface area contributed by atoms with Gasteiger partial charge in [0, 0.05) is 19.5 Å². The van der Waals surface area contributed by atoms with E-state index in [1.54, 1.807) is 11.3 Å². The largest absolute Gasteiger partial charge is 0.283 e. The van der Waals surface area contributed by atoms with Crippen LogP contribution >= 0.6 is 23.1 Å². The van der Waals surface area contributed by atoms with Crippen LogP contribution in [-0.2, 0) is 10.8 Å². The van der Waals surface area contributed by atoms with E-state index in [-0.39, 0.29) is 10.8 Å². The van der Waals surface area contributed by atoms with Crippen molar-refractivity contribution in [3.63, 3.8) is 0 Å². The molecule has 0 bridgehead atoms. The minimum Gasteiger partial charge on any atom is -0.283 e. The van der Waals surface area contributed by atoms with Gasteiger partial charge in [-0.1, -0.05) is 190 Å². The summed E-state index contributed by atoms with van der Waals surface area (Å²) in [7, 11) is -3.22. The summed E-state index contributed by atoms with van der Waals surface area (Å²) in [6.45, 7) is 7.23. The van der Waals surface area contributed by atoms with Crippen LogP contribution in [0.5, 0.6) is 0 Å². The highest BCUT2D eigenvalue weighted by Gasteiger charge is 2.49. The quantitative estimate of drug-likeness (QED) is 0.128. The molecule has 55 heavy (non-hydrogen) atoms. The van der Waals surface area contributed by atoms with Crippen molar-refractivity contribution in [3.8, 4) is 11.1 Å². The summed E-state index contributed by atoms with van der Waals surface area (Å²) in [5, 5.41) is 4.94. The minimum absolute atomic E-state index is 0.164. The fourth-order valence-corrected chi connectivity index (χ4v) is 17.1. The van der Waals surface area contributed by atoms with Crippen LogP contribution in [0.25, 0.3) is 37.3 Å². The summed E-state index contributed by atoms with van der Waals surface area (Å²) in [4.78, 5) is 8.45. The van der Waals surface area contributed by atoms with E-state index >= 15 is 0 Å². The molecular formula is C50H42N2S2Si. The summed E-state index contributed by atoms with van der Waals surface area (Å²) in [5.74, 6) is 0. The molecule has 0 amide bonds. The van der Waals surface area contributed by atoms with Crippen LogP contribution in [0, 0.1) is 6.85 Å². The predicted octanol–water partition coefficient (Wildman–Crippen LogP) is 10.8. The standard InChI is InChI=1S/C50H42N2S2Si/c1-33-30-31-36(32-38(33)37-22-16-27-43-46(37)54-48-51-41-25-13-14-26-42(41)52(43)48)55(34-18-8-6-9-19-34,35-20-10-7-11-21-35)45-29-17-24-40-47(45)53-44-28-15-12-23-39(44)49(2,3)50(40,4)5/h6-32H,1-5H3/i1D3. The fraction of sp³-hybridized carbons (Fsp3) is 0.140. The van der Waals surface area contributed by atoms with Crippen molar-refractivity contribution in [2.45, 2.75) is 55.2 Å². The molecule has 2 nitrogen and oxygen atoms in total. The summed E-state index contributed by atoms with van der Waals surface area (Å²) in [6.07, 6.45) is 0. The summed E-state index contributed by atoms with van der Waals surface area (Å²) in [5.41, 5.74) is 7.31. The van der Waals surface area contributed by atoms with Crippen LogP contribution in [0.1, 0.15) is 48.5 Å². The van der Waals surface area contributed by atoms with Gasteiger partial charge in [-0.05, 0) is 84.9 Å². The van der Waals surface area contributed by atoms with E-state index in [1.807, 2.05) is 36.0 Å². The van der Waals surface area contributed by atoms with Gasteiger partial charge in [0.15, 0.2) is 13.0 Å². The summed E-state index contributed by atoms with van der Waals surface area (Å²) in [6, 6.07) is 58.6. The third-order valence-electron chi connectivity index (χ3n) is 12.5. The van der Waals surface area contributed by atoms with Crippen molar-refractivity contribution in [1.29, 1.82) is 0 Å². The molecule has 0 aliphatic carbocycles. The highest BCUT2D eigenvalue weighted by Crippen LogP contribution is 2.53. The van der Waals surface area contributed by atoms with Gasteiger partial charge in [-0.2, -0.15) is 0 Å². The molecule has 0 spiro atoms. The Morgan fingerprint density at radius 1 is 0.582 bits per heavy atom. The van der Waals surface area contributed by atoms with E-state index < -0.39 is 14.9 Å². The SMILES string of the molecule is [2H]C([2H])([2H])c1ccc([Si](c2ccccc2)(c2ccccc2)c2cccc3c2Sc2ccccc2C(C)(C)C3(C)C)cc1-c1cccc2c1sc1nc3ccccc3n12. The first-order chi connectivity index (χ1) is 27.9. The molecule has 0 fully saturated rings. The molecule has 0 saturated heterocycles. The number of aromatic nitrogens is 2. The Hall–Kier alpha value is -5.20. The van der Waals surface area contributed by atoms with Crippen LogP contribution in [0.3, 0.4) is 0 Å². The van der Waals surface area contributed by atoms with Gasteiger partial charge in [0.05, 0.1) is 21.3 Å². The van der Waals surface area contributed by atoms with Crippen molar-refractivity contribution in [2.75, 3.05) is 0 Å². The molecule has 0 radical (unpaired) electrons. The average molecular weight is 766 g/mol. The average Bonchev–Trinajstić information content (AvgIpc) is 3.77. The van der Waals surface area contributed by atoms with Gasteiger partial charge in [0.25, 0.3) is 0 Å². The first-order valence-corrected chi connectivity index (χ1v) is 22.5. The molecule has 9 aromatic rings. The minimum atomic E-state index is -3.22. The monoisotopic (exact) mass is 765 g/mol. The highest BCUT2D eigenvalue weighted by atomic mass is 32.2. The molecule has 7 aromatic carbocycles. The second-order valence-electron chi connectivity index (χ2n) is 15.7. The predicted molar refractivity (Wildman–Crippen MR) is 238 cm³/mol. The highest BCUT2D eigenvalue weighted by molar-refractivity contribution is 7.99. The molecule has 268 valence electrons. The second-order valence-corrected chi connectivity index (χ2v) is 21.5. The molecule has 0 saturated carbocycles. The maximum atomic E-state index is 8.90. The molecule has 10 rings (SSSR count). The molecule has 0 N–H and O–H groups in total. The maximum absolute atomic E-state index is 8.90. The summed E-state index contributed by atoms with van der Waals surface area (Å²) < 4.78 is 29.9. The number of nitrogens with zero attached hydrogens (tertiary/aromatic N) is 2. The van der Waals surface area contributed by atoms with Crippen molar-refractivity contribution in [2.24, 2.45) is 0 Å². The van der Waals surface area contributed by atoms with Gasteiger partial charge in [0.1, 0.15) is 0 Å². The molecule has 0 atom stereocenters. The van der Waals surface area contributed by atoms with Crippen molar-refractivity contribution < 1.29 is 4.11 Å². The molecule has 5 heteroatoms. The first kappa shape index (κ1) is 31.0. The van der Waals surface area contributed by atoms with Crippen molar-refractivity contribution >= 4 is 78.1 Å². The number of hydrogen-bond acceptors (Lipinski definition) is 3. The Bertz CT molecular complexity index is 3000. The fourth-order valence-electron chi connectivity index (χ4n) is 9.05. The zero-order chi connectivity index (χ0) is 40.0. The number of hydrogen-bond donors (Lipinski definition) is 0. The summed E-state index contributed by atoms with van der Waals surface area (Å²) >= 11 is 3.52. The van der Waals surface area contributed by atoms with E-state index in [2.05, 4.69) is 172 Å². The van der Waals surface area contributed by atoms with E-state index in [0.29, 0.717) is 5.56 Å². The van der Waals surface area contributed by atoms with Gasteiger partial charge >= 0.3 is 0 Å². The number of benzene rings is 7. The molecule has 3 heterocycles. The van der Waals surface area contributed by atoms with E-state index in [9.17, 15) is 0 Å². The van der Waals surface area contributed by atoms with Crippen LogP contribution < -0.4 is 20.7 Å². The lowest BCUT2D eigenvalue weighted by atomic mass is 9.61. The van der Waals surface area contributed by atoms with Gasteiger partial charge in [-0.25, -0.2) is 4.98 Å². The Balaban J connectivity index is 1.33. The van der Waals surface area contributed by atoms with Crippen LogP contribution in [0.15, 0.2) is 174 Å². The van der Waals surface area contributed by atoms with Crippen LogP contribution in [0.2, 0.25) is 0 Å². The van der Waals surface area contributed by atoms with Crippen molar-refractivity contribution in [1.82, 2.24) is 9.38 Å². The number of imidazole rings is 1. The smallest absolute Gasteiger partial charge is 0.195 e. The maximum Gasteiger partial charge on any atom is 0.195 e. The van der Waals surface area contributed by atoms with Crippen LogP contribution in [-0.4, -0.2) is 17.5 Å². The Morgan fingerprint density at radius 2 is 1.22 bits per heavy atom. The number of aryl methyl sites for hydroxylation is 1. The topological polar surface area (TPSA) is 17.3 Å². The molecule has 2 aromatic heterocycles. The van der Waals surface area contributed by atoms with Gasteiger partial charge in [-0.3, -0.25) is 4.40 Å². The zero-order valence-electron chi connectivity index (χ0n) is 34.3. The van der Waals surface area contributed by atoms with Gasteiger partial charge in [-0.15, -0.1) is 0 Å².